The van der Waals surface area contributed by atoms with Crippen molar-refractivity contribution in [1.29, 1.82) is 0 Å². The molecule has 1 N–H and O–H groups in total. The van der Waals surface area contributed by atoms with E-state index in [1.165, 1.54) is 0 Å². The summed E-state index contributed by atoms with van der Waals surface area (Å²) in [6, 6.07) is 0. The molecule has 1 aromatic rings. The molecule has 9 heteroatoms. The molecule has 6 nitrogen and oxygen atoms in total. The fraction of sp³-hybridized carbons (Fsp3) is 0.750. The van der Waals surface area contributed by atoms with E-state index in [1.54, 1.807) is 0 Å². The Kier molecular flexibility index (Phi) is 4.81. The van der Waals surface area contributed by atoms with E-state index in [2.05, 4.69) is 10.2 Å². The molecular weight excluding hydrogens is 289 g/mol. The molecule has 0 unspecified atom stereocenters. The number of carboxylic acids is 1. The van der Waals surface area contributed by atoms with Gasteiger partial charge in [0.2, 0.25) is 5.82 Å². The quantitative estimate of drug-likeness (QED) is 0.811. The van der Waals surface area contributed by atoms with Crippen molar-refractivity contribution in [1.82, 2.24) is 19.7 Å². The molecular formula is C12H17F3N4O2. The number of unbranched alkanes of at least 4 members (excludes halogenated alkanes) is 2. The van der Waals surface area contributed by atoms with Gasteiger partial charge in [-0.05, 0) is 19.4 Å². The smallest absolute Gasteiger partial charge is 0.451 e. The third-order valence-corrected chi connectivity index (χ3v) is 3.45. The van der Waals surface area contributed by atoms with Gasteiger partial charge in [-0.2, -0.15) is 13.2 Å². The van der Waals surface area contributed by atoms with Crippen LogP contribution < -0.4 is 0 Å². The highest BCUT2D eigenvalue weighted by Crippen LogP contribution is 2.29. The number of carbonyl (C=O) groups is 1. The van der Waals surface area contributed by atoms with E-state index in [-0.39, 0.29) is 13.0 Å². The van der Waals surface area contributed by atoms with Crippen molar-refractivity contribution >= 4 is 5.97 Å². The fourth-order valence-corrected chi connectivity index (χ4v) is 2.40. The van der Waals surface area contributed by atoms with Gasteiger partial charge in [0.1, 0.15) is 5.82 Å². The number of hydrogen-bond acceptors (Lipinski definition) is 4. The summed E-state index contributed by atoms with van der Waals surface area (Å²) in [6.45, 7) is 1.83. The minimum Gasteiger partial charge on any atom is -0.481 e. The number of rotatable bonds is 6. The molecule has 0 atom stereocenters. The van der Waals surface area contributed by atoms with Crippen LogP contribution in [-0.2, 0) is 24.1 Å². The molecule has 2 rings (SSSR count). The van der Waals surface area contributed by atoms with E-state index in [0.717, 1.165) is 24.0 Å². The SMILES string of the molecule is O=C(O)CCCCCN1CCn2c(nnc2C(F)(F)F)C1. The summed E-state index contributed by atoms with van der Waals surface area (Å²) >= 11 is 0. The first kappa shape index (κ1) is 15.7. The van der Waals surface area contributed by atoms with Crippen molar-refractivity contribution < 1.29 is 23.1 Å². The minimum absolute atomic E-state index is 0.156. The highest BCUT2D eigenvalue weighted by molar-refractivity contribution is 5.66. The van der Waals surface area contributed by atoms with Gasteiger partial charge in [-0.3, -0.25) is 9.69 Å². The summed E-state index contributed by atoms with van der Waals surface area (Å²) < 4.78 is 39.1. The minimum atomic E-state index is -4.47. The highest BCUT2D eigenvalue weighted by atomic mass is 19.4. The van der Waals surface area contributed by atoms with Crippen LogP contribution in [0.2, 0.25) is 0 Å². The zero-order chi connectivity index (χ0) is 15.5. The molecule has 1 aliphatic rings. The Labute approximate surface area is 119 Å². The van der Waals surface area contributed by atoms with Crippen molar-refractivity contribution in [3.05, 3.63) is 11.6 Å². The molecule has 0 saturated carbocycles. The first-order valence-corrected chi connectivity index (χ1v) is 6.81. The average molecular weight is 306 g/mol. The average Bonchev–Trinajstić information content (AvgIpc) is 2.80. The maximum absolute atomic E-state index is 12.7. The summed E-state index contributed by atoms with van der Waals surface area (Å²) in [4.78, 5) is 12.4. The van der Waals surface area contributed by atoms with Crippen molar-refractivity contribution in [2.75, 3.05) is 13.1 Å². The summed E-state index contributed by atoms with van der Waals surface area (Å²) in [5, 5.41) is 15.4. The van der Waals surface area contributed by atoms with Gasteiger partial charge in [0, 0.05) is 19.5 Å². The van der Waals surface area contributed by atoms with Crippen LogP contribution >= 0.6 is 0 Å². The molecule has 118 valence electrons. The molecule has 21 heavy (non-hydrogen) atoms. The Morgan fingerprint density at radius 3 is 2.62 bits per heavy atom. The van der Waals surface area contributed by atoms with Crippen LogP contribution in [0.25, 0.3) is 0 Å². The van der Waals surface area contributed by atoms with Crippen LogP contribution in [0.1, 0.15) is 37.3 Å². The normalized spacial score (nSPS) is 16.0. The van der Waals surface area contributed by atoms with Gasteiger partial charge in [0.05, 0.1) is 6.54 Å². The largest absolute Gasteiger partial charge is 0.481 e. The number of fused-ring (bicyclic) bond motifs is 1. The second kappa shape index (κ2) is 6.42. The number of hydrogen-bond donors (Lipinski definition) is 1. The monoisotopic (exact) mass is 306 g/mol. The number of aliphatic carboxylic acids is 1. The fourth-order valence-electron chi connectivity index (χ4n) is 2.40. The van der Waals surface area contributed by atoms with Gasteiger partial charge >= 0.3 is 12.1 Å². The lowest BCUT2D eigenvalue weighted by molar-refractivity contribution is -0.148. The molecule has 0 aliphatic carbocycles. The number of nitrogens with zero attached hydrogens (tertiary/aromatic N) is 4. The van der Waals surface area contributed by atoms with Gasteiger partial charge < -0.3 is 9.67 Å². The summed E-state index contributed by atoms with van der Waals surface area (Å²) in [6.07, 6.45) is -2.07. The van der Waals surface area contributed by atoms with Gasteiger partial charge in [0.15, 0.2) is 0 Å². The van der Waals surface area contributed by atoms with Gasteiger partial charge in [-0.15, -0.1) is 10.2 Å². The summed E-state index contributed by atoms with van der Waals surface area (Å²) in [5.41, 5.74) is 0. The standard InChI is InChI=1S/C12H17F3N4O2/c13-12(14,15)11-17-16-9-8-18(6-7-19(9)11)5-3-1-2-4-10(20)21/h1-8H2,(H,20,21). The third kappa shape index (κ3) is 4.16. The molecule has 1 aliphatic heterocycles. The molecule has 2 heterocycles. The predicted octanol–water partition coefficient (Wildman–Crippen LogP) is 1.76. The van der Waals surface area contributed by atoms with Crippen LogP contribution in [0.5, 0.6) is 0 Å². The molecule has 1 aromatic heterocycles. The maximum Gasteiger partial charge on any atom is 0.451 e. The van der Waals surface area contributed by atoms with E-state index in [4.69, 9.17) is 5.11 Å². The summed E-state index contributed by atoms with van der Waals surface area (Å²) in [7, 11) is 0. The first-order valence-electron chi connectivity index (χ1n) is 6.81. The zero-order valence-electron chi connectivity index (χ0n) is 11.4. The Morgan fingerprint density at radius 2 is 1.95 bits per heavy atom. The highest BCUT2D eigenvalue weighted by Gasteiger charge is 2.39. The van der Waals surface area contributed by atoms with Crippen LogP contribution in [0.3, 0.4) is 0 Å². The van der Waals surface area contributed by atoms with Crippen molar-refractivity contribution in [3.8, 4) is 0 Å². The van der Waals surface area contributed by atoms with Gasteiger partial charge in [-0.25, -0.2) is 0 Å². The topological polar surface area (TPSA) is 71.2 Å². The lowest BCUT2D eigenvalue weighted by Crippen LogP contribution is -2.35. The number of carboxylic acid groups (broad SMARTS) is 1. The first-order chi connectivity index (χ1) is 9.88. The Balaban J connectivity index is 1.81. The van der Waals surface area contributed by atoms with Crippen molar-refractivity contribution in [2.45, 2.75) is 44.9 Å². The molecule has 0 bridgehead atoms. The second-order valence-electron chi connectivity index (χ2n) is 5.07. The van der Waals surface area contributed by atoms with Crippen LogP contribution in [0, 0.1) is 0 Å². The van der Waals surface area contributed by atoms with Crippen LogP contribution in [0.15, 0.2) is 0 Å². The molecule has 0 aromatic carbocycles. The molecule has 0 amide bonds. The van der Waals surface area contributed by atoms with Crippen LogP contribution in [-0.4, -0.2) is 43.8 Å². The Morgan fingerprint density at radius 1 is 1.19 bits per heavy atom. The van der Waals surface area contributed by atoms with E-state index >= 15 is 0 Å². The van der Waals surface area contributed by atoms with E-state index in [0.29, 0.717) is 25.3 Å². The molecule has 0 saturated heterocycles. The lowest BCUT2D eigenvalue weighted by atomic mass is 10.2. The Hall–Kier alpha value is -1.64. The summed E-state index contributed by atoms with van der Waals surface area (Å²) in [5.74, 6) is -1.40. The van der Waals surface area contributed by atoms with E-state index < -0.39 is 18.0 Å². The molecule has 0 spiro atoms. The van der Waals surface area contributed by atoms with E-state index in [9.17, 15) is 18.0 Å². The Bertz CT molecular complexity index is 501. The maximum atomic E-state index is 12.7. The van der Waals surface area contributed by atoms with E-state index in [1.807, 2.05) is 4.90 Å². The molecule has 0 radical (unpaired) electrons. The number of halogens is 3. The number of alkyl halides is 3. The van der Waals surface area contributed by atoms with Gasteiger partial charge in [0.25, 0.3) is 0 Å². The zero-order valence-corrected chi connectivity index (χ0v) is 11.4. The number of aromatic nitrogens is 3. The lowest BCUT2D eigenvalue weighted by Gasteiger charge is -2.27. The van der Waals surface area contributed by atoms with Gasteiger partial charge in [-0.1, -0.05) is 6.42 Å². The van der Waals surface area contributed by atoms with Crippen molar-refractivity contribution in [2.24, 2.45) is 0 Å². The predicted molar refractivity (Wildman–Crippen MR) is 66.4 cm³/mol. The third-order valence-electron chi connectivity index (χ3n) is 3.45. The molecule has 0 fully saturated rings. The second-order valence-corrected chi connectivity index (χ2v) is 5.07. The van der Waals surface area contributed by atoms with Crippen LogP contribution in [0.4, 0.5) is 13.2 Å². The van der Waals surface area contributed by atoms with Crippen molar-refractivity contribution in [3.63, 3.8) is 0 Å².